The van der Waals surface area contributed by atoms with Gasteiger partial charge in [0.1, 0.15) is 0 Å². The maximum atomic E-state index is 13.5. The molecule has 2 aromatic rings. The molecule has 2 aromatic carbocycles. The van der Waals surface area contributed by atoms with Crippen LogP contribution < -0.4 is 0 Å². The predicted molar refractivity (Wildman–Crippen MR) is 121 cm³/mol. The van der Waals surface area contributed by atoms with Crippen LogP contribution in [0.25, 0.3) is 11.1 Å². The first-order chi connectivity index (χ1) is 14.1. The molecule has 0 radical (unpaired) electrons. The molecule has 4 rings (SSSR count). The Labute approximate surface area is 175 Å². The molecule has 154 valence electrons. The number of halogens is 2. The molecule has 2 aliphatic rings. The van der Waals surface area contributed by atoms with Crippen molar-refractivity contribution in [2.24, 2.45) is 11.8 Å². The number of hydrogen-bond acceptors (Lipinski definition) is 0. The Morgan fingerprint density at radius 3 is 2.00 bits per heavy atom. The van der Waals surface area contributed by atoms with E-state index in [-0.39, 0.29) is 0 Å². The average molecular weight is 411 g/mol. The van der Waals surface area contributed by atoms with E-state index in [1.165, 1.54) is 68.3 Å². The smallest absolute Gasteiger partial charge is 0.159 e. The van der Waals surface area contributed by atoms with Gasteiger partial charge in [-0.25, -0.2) is 8.78 Å². The second kappa shape index (κ2) is 9.38. The Bertz CT molecular complexity index is 826. The first-order valence-electron chi connectivity index (χ1n) is 11.3. The van der Waals surface area contributed by atoms with Crippen molar-refractivity contribution in [1.29, 1.82) is 0 Å². The number of rotatable bonds is 4. The third-order valence-electron chi connectivity index (χ3n) is 7.35. The summed E-state index contributed by atoms with van der Waals surface area (Å²) >= 11 is 0. The van der Waals surface area contributed by atoms with Crippen molar-refractivity contribution < 1.29 is 8.78 Å². The monoisotopic (exact) mass is 410 g/mol. The zero-order chi connectivity index (χ0) is 20.2. The maximum Gasteiger partial charge on any atom is 0.159 e. The molecule has 0 aromatic heterocycles. The Morgan fingerprint density at radius 1 is 0.759 bits per heavy atom. The summed E-state index contributed by atoms with van der Waals surface area (Å²) in [6, 6.07) is 15.7. The lowest BCUT2D eigenvalue weighted by Crippen LogP contribution is -2.27. The van der Waals surface area contributed by atoms with Gasteiger partial charge in [-0.3, -0.25) is 0 Å². The molecular weight excluding hydrogens is 378 g/mol. The van der Waals surface area contributed by atoms with Gasteiger partial charge in [-0.1, -0.05) is 61.3 Å². The highest BCUT2D eigenvalue weighted by Crippen LogP contribution is 2.43. The van der Waals surface area contributed by atoms with Gasteiger partial charge in [0, 0.05) is 0 Å². The van der Waals surface area contributed by atoms with Crippen molar-refractivity contribution in [3.05, 3.63) is 71.4 Å². The zero-order valence-corrected chi connectivity index (χ0v) is 18.6. The summed E-state index contributed by atoms with van der Waals surface area (Å²) in [6.45, 7) is 2.17. The third-order valence-corrected chi connectivity index (χ3v) is 10.4. The molecule has 1 saturated carbocycles. The highest BCUT2D eigenvalue weighted by molar-refractivity contribution is 6.64. The van der Waals surface area contributed by atoms with E-state index in [1.807, 2.05) is 0 Å². The van der Waals surface area contributed by atoms with E-state index in [4.69, 9.17) is 0 Å². The molecule has 29 heavy (non-hydrogen) atoms. The van der Waals surface area contributed by atoms with Crippen LogP contribution in [-0.2, 0) is 0 Å². The van der Waals surface area contributed by atoms with Crippen molar-refractivity contribution in [2.75, 3.05) is 0 Å². The van der Waals surface area contributed by atoms with Crippen LogP contribution in [0.5, 0.6) is 0 Å². The molecule has 0 unspecified atom stereocenters. The number of hydrogen-bond donors (Lipinski definition) is 0. The molecule has 1 heterocycles. The van der Waals surface area contributed by atoms with Crippen molar-refractivity contribution in [2.45, 2.75) is 63.5 Å². The molecular formula is C26H32F2Si. The van der Waals surface area contributed by atoms with Gasteiger partial charge >= 0.3 is 0 Å². The van der Waals surface area contributed by atoms with Crippen LogP contribution >= 0.6 is 0 Å². The Morgan fingerprint density at radius 2 is 1.38 bits per heavy atom. The topological polar surface area (TPSA) is 0 Å². The molecule has 1 aliphatic carbocycles. The fourth-order valence-electron chi connectivity index (χ4n) is 5.63. The van der Waals surface area contributed by atoms with E-state index in [0.29, 0.717) is 5.92 Å². The van der Waals surface area contributed by atoms with Crippen LogP contribution in [0, 0.1) is 23.5 Å². The van der Waals surface area contributed by atoms with Gasteiger partial charge in [0.25, 0.3) is 0 Å². The predicted octanol–water partition coefficient (Wildman–Crippen LogP) is 7.66. The fourth-order valence-corrected chi connectivity index (χ4v) is 8.56. The molecule has 3 heteroatoms. The minimum Gasteiger partial charge on any atom is -0.204 e. The van der Waals surface area contributed by atoms with Crippen molar-refractivity contribution >= 4 is 8.80 Å². The molecule has 0 nitrogen and oxygen atoms in total. The van der Waals surface area contributed by atoms with Crippen LogP contribution in [0.1, 0.15) is 56.9 Å². The summed E-state index contributed by atoms with van der Waals surface area (Å²) in [7, 11) is -0.542. The summed E-state index contributed by atoms with van der Waals surface area (Å²) in [6.07, 6.45) is 10.5. The van der Waals surface area contributed by atoms with Crippen LogP contribution in [0.3, 0.4) is 0 Å². The van der Waals surface area contributed by atoms with Crippen LogP contribution in [0.15, 0.2) is 54.2 Å². The molecule has 0 atom stereocenters. The largest absolute Gasteiger partial charge is 0.204 e. The molecule has 1 saturated heterocycles. The van der Waals surface area contributed by atoms with E-state index in [2.05, 4.69) is 43.0 Å². The SMILES string of the molecule is C/C=C\[SiH]1CCC(C2CCC(c3ccc(-c4ccc(F)c(F)c4)cc3)CC2)CC1. The lowest BCUT2D eigenvalue weighted by molar-refractivity contribution is 0.216. The second-order valence-electron chi connectivity index (χ2n) is 9.06. The molecule has 0 amide bonds. The lowest BCUT2D eigenvalue weighted by Gasteiger charge is -2.37. The first-order valence-corrected chi connectivity index (χ1v) is 13.6. The standard InChI is InChI=1S/C26H32F2Si/c1-2-15-29-16-13-23(14-17-29)21-5-3-19(4-6-21)20-7-9-22(10-8-20)24-11-12-25(27)26(28)18-24/h2,7-12,15,18-19,21,23,29H,3-6,13-14,16-17H2,1H3/b15-2-. The summed E-state index contributed by atoms with van der Waals surface area (Å²) in [5.41, 5.74) is 5.62. The quantitative estimate of drug-likeness (QED) is 0.454. The van der Waals surface area contributed by atoms with Crippen LogP contribution in [0.4, 0.5) is 8.78 Å². The van der Waals surface area contributed by atoms with Gasteiger partial charge in [-0.05, 0) is 79.2 Å². The Kier molecular flexibility index (Phi) is 6.64. The average Bonchev–Trinajstić information content (AvgIpc) is 2.77. The third kappa shape index (κ3) is 4.88. The van der Waals surface area contributed by atoms with Crippen molar-refractivity contribution in [1.82, 2.24) is 0 Å². The van der Waals surface area contributed by atoms with Gasteiger partial charge in [0.05, 0.1) is 8.80 Å². The first kappa shape index (κ1) is 20.5. The zero-order valence-electron chi connectivity index (χ0n) is 17.4. The van der Waals surface area contributed by atoms with E-state index in [0.717, 1.165) is 23.0 Å². The van der Waals surface area contributed by atoms with Gasteiger partial charge in [0.2, 0.25) is 0 Å². The van der Waals surface area contributed by atoms with E-state index in [1.54, 1.807) is 6.07 Å². The summed E-state index contributed by atoms with van der Waals surface area (Å²) < 4.78 is 26.7. The van der Waals surface area contributed by atoms with Crippen molar-refractivity contribution in [3.8, 4) is 11.1 Å². The molecule has 0 spiro atoms. The lowest BCUT2D eigenvalue weighted by atomic mass is 9.72. The number of benzene rings is 2. The minimum atomic E-state index is -0.792. The van der Waals surface area contributed by atoms with Crippen LogP contribution in [-0.4, -0.2) is 8.80 Å². The summed E-state index contributed by atoms with van der Waals surface area (Å²) in [5, 5.41) is 0. The Hall–Kier alpha value is -1.74. The Balaban J connectivity index is 1.32. The molecule has 2 fully saturated rings. The fraction of sp³-hybridized carbons (Fsp3) is 0.462. The molecule has 0 N–H and O–H groups in total. The van der Waals surface area contributed by atoms with E-state index < -0.39 is 20.4 Å². The second-order valence-corrected chi connectivity index (χ2v) is 12.1. The normalized spacial score (nSPS) is 28.0. The van der Waals surface area contributed by atoms with Gasteiger partial charge in [-0.15, -0.1) is 5.70 Å². The summed E-state index contributed by atoms with van der Waals surface area (Å²) in [5.74, 6) is 0.986. The highest BCUT2D eigenvalue weighted by atomic mass is 28.3. The van der Waals surface area contributed by atoms with Crippen molar-refractivity contribution in [3.63, 3.8) is 0 Å². The minimum absolute atomic E-state index is 0.542. The number of allylic oxidation sites excluding steroid dienone is 1. The van der Waals surface area contributed by atoms with Gasteiger partial charge in [0.15, 0.2) is 11.6 Å². The van der Waals surface area contributed by atoms with E-state index >= 15 is 0 Å². The summed E-state index contributed by atoms with van der Waals surface area (Å²) in [4.78, 5) is 0. The highest BCUT2D eigenvalue weighted by Gasteiger charge is 2.31. The molecule has 0 bridgehead atoms. The van der Waals surface area contributed by atoms with Gasteiger partial charge in [-0.2, -0.15) is 0 Å². The van der Waals surface area contributed by atoms with Crippen LogP contribution in [0.2, 0.25) is 12.1 Å². The van der Waals surface area contributed by atoms with Gasteiger partial charge < -0.3 is 0 Å². The maximum absolute atomic E-state index is 13.5. The molecule has 1 aliphatic heterocycles. The van der Waals surface area contributed by atoms with E-state index in [9.17, 15) is 8.78 Å².